The molecule has 1 heterocycles. The van der Waals surface area contributed by atoms with Crippen molar-refractivity contribution in [1.82, 2.24) is 5.32 Å². The number of carbonyl (C=O) groups is 1. The quantitative estimate of drug-likeness (QED) is 0.662. The minimum atomic E-state index is -0.546. The first-order valence-corrected chi connectivity index (χ1v) is 10.0. The SMILES string of the molecule is COc1cc(C(C)NC(=O)C2(CN)CCOCC2)ccc1OCc1ccccc1.Cl. The van der Waals surface area contributed by atoms with Gasteiger partial charge in [-0.15, -0.1) is 12.4 Å². The Morgan fingerprint density at radius 2 is 1.87 bits per heavy atom. The van der Waals surface area contributed by atoms with Crippen molar-refractivity contribution < 1.29 is 19.0 Å². The normalized spacial score (nSPS) is 16.1. The van der Waals surface area contributed by atoms with Crippen molar-refractivity contribution in [2.75, 3.05) is 26.9 Å². The lowest BCUT2D eigenvalue weighted by Crippen LogP contribution is -2.49. The van der Waals surface area contributed by atoms with E-state index in [9.17, 15) is 4.79 Å². The molecule has 0 aromatic heterocycles. The summed E-state index contributed by atoms with van der Waals surface area (Å²) in [5.41, 5.74) is 7.43. The van der Waals surface area contributed by atoms with E-state index in [-0.39, 0.29) is 24.4 Å². The summed E-state index contributed by atoms with van der Waals surface area (Å²) in [4.78, 5) is 12.9. The zero-order valence-electron chi connectivity index (χ0n) is 17.6. The average molecular weight is 435 g/mol. The molecule has 0 spiro atoms. The molecule has 1 amide bonds. The number of rotatable bonds is 8. The van der Waals surface area contributed by atoms with Crippen LogP contribution in [0.1, 0.15) is 36.9 Å². The van der Waals surface area contributed by atoms with Crippen LogP contribution in [0.25, 0.3) is 0 Å². The van der Waals surface area contributed by atoms with Gasteiger partial charge < -0.3 is 25.3 Å². The molecule has 7 heteroatoms. The van der Waals surface area contributed by atoms with Crippen molar-refractivity contribution in [2.24, 2.45) is 11.1 Å². The molecule has 1 aliphatic heterocycles. The van der Waals surface area contributed by atoms with Crippen LogP contribution >= 0.6 is 12.4 Å². The molecule has 2 aromatic carbocycles. The Kier molecular flexibility index (Phi) is 8.96. The molecule has 30 heavy (non-hydrogen) atoms. The van der Waals surface area contributed by atoms with E-state index in [2.05, 4.69) is 5.32 Å². The van der Waals surface area contributed by atoms with E-state index in [1.165, 1.54) is 0 Å². The van der Waals surface area contributed by atoms with Crippen molar-refractivity contribution in [3.63, 3.8) is 0 Å². The van der Waals surface area contributed by atoms with Gasteiger partial charge >= 0.3 is 0 Å². The van der Waals surface area contributed by atoms with E-state index in [1.807, 2.05) is 55.5 Å². The molecule has 3 rings (SSSR count). The molecule has 1 atom stereocenters. The molecular formula is C23H31ClN2O4. The molecular weight excluding hydrogens is 404 g/mol. The van der Waals surface area contributed by atoms with Crippen LogP contribution in [-0.4, -0.2) is 32.8 Å². The molecule has 0 aliphatic carbocycles. The highest BCUT2D eigenvalue weighted by molar-refractivity contribution is 5.85. The fourth-order valence-electron chi connectivity index (χ4n) is 3.53. The second-order valence-electron chi connectivity index (χ2n) is 7.48. The average Bonchev–Trinajstić information content (AvgIpc) is 2.78. The molecule has 3 N–H and O–H groups in total. The first-order chi connectivity index (χ1) is 14.1. The Morgan fingerprint density at radius 1 is 1.17 bits per heavy atom. The molecule has 0 saturated carbocycles. The molecule has 1 saturated heterocycles. The van der Waals surface area contributed by atoms with Gasteiger partial charge in [-0.2, -0.15) is 0 Å². The van der Waals surface area contributed by atoms with Crippen LogP contribution < -0.4 is 20.5 Å². The fraction of sp³-hybridized carbons (Fsp3) is 0.435. The van der Waals surface area contributed by atoms with Crippen molar-refractivity contribution in [3.8, 4) is 11.5 Å². The molecule has 0 radical (unpaired) electrons. The summed E-state index contributed by atoms with van der Waals surface area (Å²) in [6, 6.07) is 15.5. The number of carbonyl (C=O) groups excluding carboxylic acids is 1. The summed E-state index contributed by atoms with van der Waals surface area (Å²) in [5, 5.41) is 3.12. The van der Waals surface area contributed by atoms with Crippen LogP contribution in [0.5, 0.6) is 11.5 Å². The van der Waals surface area contributed by atoms with Gasteiger partial charge in [0.1, 0.15) is 6.61 Å². The van der Waals surface area contributed by atoms with Gasteiger partial charge in [0.2, 0.25) is 5.91 Å². The Morgan fingerprint density at radius 3 is 2.50 bits per heavy atom. The maximum atomic E-state index is 12.9. The van der Waals surface area contributed by atoms with Gasteiger partial charge in [0.25, 0.3) is 0 Å². The van der Waals surface area contributed by atoms with Gasteiger partial charge in [-0.1, -0.05) is 36.4 Å². The first kappa shape index (κ1) is 24.0. The Labute approximate surface area is 184 Å². The summed E-state index contributed by atoms with van der Waals surface area (Å²) in [5.74, 6) is 1.29. The lowest BCUT2D eigenvalue weighted by Gasteiger charge is -2.35. The lowest BCUT2D eigenvalue weighted by atomic mass is 9.79. The summed E-state index contributed by atoms with van der Waals surface area (Å²) < 4.78 is 16.8. The minimum Gasteiger partial charge on any atom is -0.493 e. The number of hydrogen-bond donors (Lipinski definition) is 2. The van der Waals surface area contributed by atoms with E-state index in [0.29, 0.717) is 50.7 Å². The van der Waals surface area contributed by atoms with Crippen LogP contribution in [0.3, 0.4) is 0 Å². The highest BCUT2D eigenvalue weighted by Gasteiger charge is 2.39. The van der Waals surface area contributed by atoms with E-state index in [1.54, 1.807) is 7.11 Å². The van der Waals surface area contributed by atoms with Crippen molar-refractivity contribution in [2.45, 2.75) is 32.4 Å². The topological polar surface area (TPSA) is 82.8 Å². The maximum absolute atomic E-state index is 12.9. The van der Waals surface area contributed by atoms with E-state index in [0.717, 1.165) is 11.1 Å². The predicted molar refractivity (Wildman–Crippen MR) is 119 cm³/mol. The number of ether oxygens (including phenoxy) is 3. The number of methoxy groups -OCH3 is 1. The van der Waals surface area contributed by atoms with Gasteiger partial charge in [0.05, 0.1) is 18.6 Å². The van der Waals surface area contributed by atoms with Crippen molar-refractivity contribution in [1.29, 1.82) is 0 Å². The Hall–Kier alpha value is -2.28. The van der Waals surface area contributed by atoms with Crippen LogP contribution in [0.2, 0.25) is 0 Å². The molecule has 2 aromatic rings. The lowest BCUT2D eigenvalue weighted by molar-refractivity contribution is -0.136. The number of halogens is 1. The van der Waals surface area contributed by atoms with Crippen molar-refractivity contribution in [3.05, 3.63) is 59.7 Å². The molecule has 1 fully saturated rings. The molecule has 164 valence electrons. The minimum absolute atomic E-state index is 0. The third-order valence-electron chi connectivity index (χ3n) is 5.59. The predicted octanol–water partition coefficient (Wildman–Crippen LogP) is 3.63. The molecule has 0 bridgehead atoms. The number of benzene rings is 2. The van der Waals surface area contributed by atoms with Gasteiger partial charge in [-0.05, 0) is 43.0 Å². The van der Waals surface area contributed by atoms with Crippen LogP contribution in [0.15, 0.2) is 48.5 Å². The summed E-state index contributed by atoms with van der Waals surface area (Å²) >= 11 is 0. The van der Waals surface area contributed by atoms with Gasteiger partial charge in [-0.25, -0.2) is 0 Å². The third kappa shape index (κ3) is 5.65. The zero-order valence-corrected chi connectivity index (χ0v) is 18.4. The van der Waals surface area contributed by atoms with Crippen LogP contribution in [-0.2, 0) is 16.1 Å². The number of amides is 1. The van der Waals surface area contributed by atoms with Crippen LogP contribution in [0, 0.1) is 5.41 Å². The second-order valence-corrected chi connectivity index (χ2v) is 7.48. The highest BCUT2D eigenvalue weighted by atomic mass is 35.5. The summed E-state index contributed by atoms with van der Waals surface area (Å²) in [6.45, 7) is 3.88. The monoisotopic (exact) mass is 434 g/mol. The van der Waals surface area contributed by atoms with E-state index >= 15 is 0 Å². The third-order valence-corrected chi connectivity index (χ3v) is 5.59. The number of hydrogen-bond acceptors (Lipinski definition) is 5. The Balaban J connectivity index is 0.00000320. The van der Waals surface area contributed by atoms with Crippen LogP contribution in [0.4, 0.5) is 0 Å². The molecule has 6 nitrogen and oxygen atoms in total. The van der Waals surface area contributed by atoms with Gasteiger partial charge in [-0.3, -0.25) is 4.79 Å². The highest BCUT2D eigenvalue weighted by Crippen LogP contribution is 2.33. The number of nitrogens with one attached hydrogen (secondary N) is 1. The smallest absolute Gasteiger partial charge is 0.228 e. The Bertz CT molecular complexity index is 810. The fourth-order valence-corrected chi connectivity index (χ4v) is 3.53. The maximum Gasteiger partial charge on any atom is 0.228 e. The number of nitrogens with two attached hydrogens (primary N) is 1. The molecule has 1 aliphatic rings. The van der Waals surface area contributed by atoms with E-state index in [4.69, 9.17) is 19.9 Å². The van der Waals surface area contributed by atoms with Crippen molar-refractivity contribution >= 4 is 18.3 Å². The van der Waals surface area contributed by atoms with Gasteiger partial charge in [0, 0.05) is 19.8 Å². The van der Waals surface area contributed by atoms with E-state index < -0.39 is 5.41 Å². The molecule has 1 unspecified atom stereocenters. The zero-order chi connectivity index (χ0) is 20.7. The summed E-state index contributed by atoms with van der Waals surface area (Å²) in [7, 11) is 1.61. The second kappa shape index (κ2) is 11.2. The standard InChI is InChI=1S/C23H30N2O4.ClH/c1-17(25-22(26)23(16-24)10-12-28-13-11-23)19-8-9-20(21(14-19)27-2)29-15-18-6-4-3-5-7-18;/h3-9,14,17H,10-13,15-16,24H2,1-2H3,(H,25,26);1H. The summed E-state index contributed by atoms with van der Waals surface area (Å²) in [6.07, 6.45) is 1.30. The first-order valence-electron chi connectivity index (χ1n) is 10.0. The van der Waals surface area contributed by atoms with Gasteiger partial charge in [0.15, 0.2) is 11.5 Å². The largest absolute Gasteiger partial charge is 0.493 e.